The Hall–Kier alpha value is -1.49. The molecule has 3 N–H and O–H groups in total. The molecule has 1 heterocycles. The van der Waals surface area contributed by atoms with E-state index >= 15 is 0 Å². The van der Waals surface area contributed by atoms with Gasteiger partial charge in [0.25, 0.3) is 0 Å². The molecule has 0 aromatic heterocycles. The van der Waals surface area contributed by atoms with Crippen LogP contribution >= 0.6 is 0 Å². The molecule has 86 valence electrons. The van der Waals surface area contributed by atoms with Crippen molar-refractivity contribution in [2.45, 2.75) is 13.0 Å². The summed E-state index contributed by atoms with van der Waals surface area (Å²) in [7, 11) is -3.01. The van der Waals surface area contributed by atoms with E-state index in [1.165, 1.54) is 5.41 Å². The molecule has 0 aliphatic carbocycles. The number of anilines is 2. The zero-order valence-corrected chi connectivity index (χ0v) is 9.79. The fourth-order valence-electron chi connectivity index (χ4n) is 1.78. The van der Waals surface area contributed by atoms with E-state index in [2.05, 4.69) is 5.32 Å². The van der Waals surface area contributed by atoms with E-state index in [1.54, 1.807) is 12.1 Å². The number of hydrogen-bond donors (Lipinski definition) is 2. The maximum Gasteiger partial charge on any atom is 0.173 e. The normalized spacial score (nSPS) is 22.2. The summed E-state index contributed by atoms with van der Waals surface area (Å²) >= 11 is 0. The van der Waals surface area contributed by atoms with Crippen LogP contribution in [-0.4, -0.2) is 20.2 Å². The van der Waals surface area contributed by atoms with Gasteiger partial charge in [-0.2, -0.15) is 0 Å². The molecule has 0 spiro atoms. The van der Waals surface area contributed by atoms with Crippen LogP contribution in [0.25, 0.3) is 0 Å². The monoisotopic (exact) mass is 238 g/mol. The lowest BCUT2D eigenvalue weighted by Gasteiger charge is -2.12. The van der Waals surface area contributed by atoms with Crippen LogP contribution in [0.15, 0.2) is 29.7 Å². The topological polar surface area (TPSA) is 72.2 Å². The average molecular weight is 238 g/mol. The second-order valence-electron chi connectivity index (χ2n) is 4.04. The number of nitrogens with two attached hydrogens (primary N) is 1. The molecule has 0 fully saturated rings. The maximum absolute atomic E-state index is 11.2. The molecule has 1 atom stereocenters. The summed E-state index contributed by atoms with van der Waals surface area (Å²) in [4.78, 5) is 0. The highest BCUT2D eigenvalue weighted by Crippen LogP contribution is 2.19. The smallest absolute Gasteiger partial charge is 0.173 e. The molecule has 4 nitrogen and oxygen atoms in total. The predicted octanol–water partition coefficient (Wildman–Crippen LogP) is 1.30. The summed E-state index contributed by atoms with van der Waals surface area (Å²) in [5.41, 5.74) is 8.28. The van der Waals surface area contributed by atoms with Crippen molar-refractivity contribution < 1.29 is 8.42 Å². The Labute approximate surface area is 95.1 Å². The van der Waals surface area contributed by atoms with E-state index in [1.807, 2.05) is 19.1 Å². The van der Waals surface area contributed by atoms with Gasteiger partial charge < -0.3 is 11.1 Å². The molecule has 1 aliphatic rings. The standard InChI is InChI=1S/C11H14N2O2S/c1-8-4-9(12)6-11(5-8)13-10-2-3-16(14,15)7-10/h2-6,10,13H,7,12H2,1H3. The molecule has 1 unspecified atom stereocenters. The third kappa shape index (κ3) is 2.55. The molecule has 0 saturated carbocycles. The number of nitrogens with one attached hydrogen (secondary N) is 1. The van der Waals surface area contributed by atoms with E-state index in [0.717, 1.165) is 11.3 Å². The van der Waals surface area contributed by atoms with Gasteiger partial charge in [-0.3, -0.25) is 0 Å². The quantitative estimate of drug-likeness (QED) is 0.762. The summed E-state index contributed by atoms with van der Waals surface area (Å²) in [6, 6.07) is 5.44. The summed E-state index contributed by atoms with van der Waals surface area (Å²) in [6.07, 6.45) is 1.66. The van der Waals surface area contributed by atoms with Crippen LogP contribution in [0.5, 0.6) is 0 Å². The van der Waals surface area contributed by atoms with Crippen LogP contribution in [0.1, 0.15) is 5.56 Å². The Morgan fingerprint density at radius 1 is 1.38 bits per heavy atom. The van der Waals surface area contributed by atoms with Crippen LogP contribution in [0.2, 0.25) is 0 Å². The number of nitrogen functional groups attached to an aromatic ring is 1. The van der Waals surface area contributed by atoms with Crippen molar-refractivity contribution in [1.82, 2.24) is 0 Å². The molecule has 16 heavy (non-hydrogen) atoms. The lowest BCUT2D eigenvalue weighted by molar-refractivity contribution is 0.605. The van der Waals surface area contributed by atoms with E-state index in [0.29, 0.717) is 5.69 Å². The number of benzene rings is 1. The molecular formula is C11H14N2O2S. The van der Waals surface area contributed by atoms with Gasteiger partial charge in [-0.15, -0.1) is 0 Å². The van der Waals surface area contributed by atoms with Crippen LogP contribution < -0.4 is 11.1 Å². The number of aryl methyl sites for hydroxylation is 1. The zero-order valence-electron chi connectivity index (χ0n) is 8.97. The SMILES string of the molecule is Cc1cc(N)cc(NC2C=CS(=O)(=O)C2)c1. The van der Waals surface area contributed by atoms with Gasteiger partial charge in [0, 0.05) is 16.8 Å². The third-order valence-electron chi connectivity index (χ3n) is 2.38. The first-order valence-corrected chi connectivity index (χ1v) is 6.71. The van der Waals surface area contributed by atoms with Gasteiger partial charge in [-0.05, 0) is 30.7 Å². The molecule has 0 radical (unpaired) electrons. The van der Waals surface area contributed by atoms with Gasteiger partial charge in [0.2, 0.25) is 0 Å². The summed E-state index contributed by atoms with van der Waals surface area (Å²) in [6.45, 7) is 1.95. The first-order valence-electron chi connectivity index (χ1n) is 4.99. The Morgan fingerprint density at radius 3 is 2.69 bits per heavy atom. The molecule has 1 aliphatic heterocycles. The molecule has 0 amide bonds. The molecule has 1 aromatic rings. The largest absolute Gasteiger partial charge is 0.399 e. The number of hydrogen-bond acceptors (Lipinski definition) is 4. The van der Waals surface area contributed by atoms with Crippen molar-refractivity contribution in [1.29, 1.82) is 0 Å². The van der Waals surface area contributed by atoms with Gasteiger partial charge >= 0.3 is 0 Å². The second-order valence-corrected chi connectivity index (χ2v) is 5.97. The number of rotatable bonds is 2. The fourth-order valence-corrected chi connectivity index (χ4v) is 3.01. The maximum atomic E-state index is 11.2. The van der Waals surface area contributed by atoms with Gasteiger partial charge in [0.05, 0.1) is 11.8 Å². The Morgan fingerprint density at radius 2 is 2.12 bits per heavy atom. The van der Waals surface area contributed by atoms with Crippen molar-refractivity contribution in [3.05, 3.63) is 35.2 Å². The molecule has 0 bridgehead atoms. The van der Waals surface area contributed by atoms with Crippen LogP contribution in [0, 0.1) is 6.92 Å². The van der Waals surface area contributed by atoms with Crippen molar-refractivity contribution >= 4 is 21.2 Å². The van der Waals surface area contributed by atoms with Gasteiger partial charge in [0.1, 0.15) is 0 Å². The minimum Gasteiger partial charge on any atom is -0.399 e. The lowest BCUT2D eigenvalue weighted by atomic mass is 10.2. The predicted molar refractivity (Wildman–Crippen MR) is 65.9 cm³/mol. The minimum absolute atomic E-state index is 0.112. The third-order valence-corrected chi connectivity index (χ3v) is 3.78. The van der Waals surface area contributed by atoms with E-state index in [-0.39, 0.29) is 11.8 Å². The Balaban J connectivity index is 2.14. The van der Waals surface area contributed by atoms with Gasteiger partial charge in [-0.1, -0.05) is 6.08 Å². The van der Waals surface area contributed by atoms with E-state index in [9.17, 15) is 8.42 Å². The van der Waals surface area contributed by atoms with Crippen molar-refractivity contribution in [3.8, 4) is 0 Å². The average Bonchev–Trinajstić information content (AvgIpc) is 2.43. The molecule has 2 rings (SSSR count). The molecule has 0 saturated heterocycles. The van der Waals surface area contributed by atoms with E-state index in [4.69, 9.17) is 5.73 Å². The minimum atomic E-state index is -3.01. The summed E-state index contributed by atoms with van der Waals surface area (Å²) in [5.74, 6) is 0.112. The number of sulfone groups is 1. The molecule has 5 heteroatoms. The van der Waals surface area contributed by atoms with Crippen LogP contribution in [-0.2, 0) is 9.84 Å². The first-order chi connectivity index (χ1) is 7.44. The Kier molecular flexibility index (Phi) is 2.63. The molecular weight excluding hydrogens is 224 g/mol. The highest BCUT2D eigenvalue weighted by atomic mass is 32.2. The zero-order chi connectivity index (χ0) is 11.8. The van der Waals surface area contributed by atoms with Crippen LogP contribution in [0.3, 0.4) is 0 Å². The van der Waals surface area contributed by atoms with Crippen molar-refractivity contribution in [3.63, 3.8) is 0 Å². The fraction of sp³-hybridized carbons (Fsp3) is 0.273. The van der Waals surface area contributed by atoms with Crippen LogP contribution in [0.4, 0.5) is 11.4 Å². The van der Waals surface area contributed by atoms with Gasteiger partial charge in [0.15, 0.2) is 9.84 Å². The van der Waals surface area contributed by atoms with Crippen molar-refractivity contribution in [2.75, 3.05) is 16.8 Å². The van der Waals surface area contributed by atoms with E-state index < -0.39 is 9.84 Å². The first kappa shape index (κ1) is 11.0. The second kappa shape index (κ2) is 3.83. The molecule has 1 aromatic carbocycles. The Bertz CT molecular complexity index is 515. The highest BCUT2D eigenvalue weighted by molar-refractivity contribution is 7.94. The van der Waals surface area contributed by atoms with Gasteiger partial charge in [-0.25, -0.2) is 8.42 Å². The highest BCUT2D eigenvalue weighted by Gasteiger charge is 2.21. The lowest BCUT2D eigenvalue weighted by Crippen LogP contribution is -2.20. The summed E-state index contributed by atoms with van der Waals surface area (Å²) < 4.78 is 22.4. The summed E-state index contributed by atoms with van der Waals surface area (Å²) in [5, 5.41) is 4.39. The van der Waals surface area contributed by atoms with Crippen molar-refractivity contribution in [2.24, 2.45) is 0 Å².